The highest BCUT2D eigenvalue weighted by molar-refractivity contribution is 5.93. The molecule has 62 valence electrons. The summed E-state index contributed by atoms with van der Waals surface area (Å²) in [5.41, 5.74) is 1.69. The van der Waals surface area contributed by atoms with Crippen molar-refractivity contribution in [3.8, 4) is 0 Å². The van der Waals surface area contributed by atoms with Gasteiger partial charge in [-0.05, 0) is 12.8 Å². The van der Waals surface area contributed by atoms with Crippen molar-refractivity contribution in [1.29, 1.82) is 0 Å². The van der Waals surface area contributed by atoms with E-state index in [1.54, 1.807) is 7.11 Å². The molecule has 0 unspecified atom stereocenters. The normalized spacial score (nSPS) is 30.8. The highest BCUT2D eigenvalue weighted by Crippen LogP contribution is 2.48. The van der Waals surface area contributed by atoms with Crippen LogP contribution in [0.5, 0.6) is 0 Å². The minimum Gasteiger partial charge on any atom is -0.399 e. The Labute approximate surface area is 66.8 Å². The molecule has 0 amide bonds. The van der Waals surface area contributed by atoms with E-state index < -0.39 is 0 Å². The first-order chi connectivity index (χ1) is 5.37. The van der Waals surface area contributed by atoms with Gasteiger partial charge in [-0.25, -0.2) is 0 Å². The van der Waals surface area contributed by atoms with Crippen molar-refractivity contribution < 1.29 is 4.84 Å². The summed E-state index contributed by atoms with van der Waals surface area (Å²) < 4.78 is 0. The SMILES string of the molecule is CO/N=C1/CCNCC12CC2. The van der Waals surface area contributed by atoms with Crippen molar-refractivity contribution in [3.05, 3.63) is 0 Å². The number of oxime groups is 1. The number of rotatable bonds is 1. The van der Waals surface area contributed by atoms with Gasteiger partial charge < -0.3 is 10.2 Å². The molecule has 1 saturated heterocycles. The predicted octanol–water partition coefficient (Wildman–Crippen LogP) is 0.762. The maximum atomic E-state index is 4.82. The summed E-state index contributed by atoms with van der Waals surface area (Å²) in [5.74, 6) is 0. The first-order valence-corrected chi connectivity index (χ1v) is 4.19. The maximum absolute atomic E-state index is 4.82. The lowest BCUT2D eigenvalue weighted by Gasteiger charge is -2.23. The molecular formula is C8H14N2O. The third-order valence-corrected chi connectivity index (χ3v) is 2.67. The van der Waals surface area contributed by atoms with Gasteiger partial charge in [0.25, 0.3) is 0 Å². The second kappa shape index (κ2) is 2.48. The quantitative estimate of drug-likeness (QED) is 0.566. The Bertz CT molecular complexity index is 185. The van der Waals surface area contributed by atoms with Crippen LogP contribution in [0.1, 0.15) is 19.3 Å². The van der Waals surface area contributed by atoms with E-state index >= 15 is 0 Å². The Hall–Kier alpha value is -0.570. The van der Waals surface area contributed by atoms with Gasteiger partial charge in [0.05, 0.1) is 5.71 Å². The molecular weight excluding hydrogens is 140 g/mol. The molecule has 11 heavy (non-hydrogen) atoms. The zero-order chi connectivity index (χ0) is 7.73. The van der Waals surface area contributed by atoms with Crippen LogP contribution in [0.15, 0.2) is 5.16 Å². The van der Waals surface area contributed by atoms with Gasteiger partial charge in [0.15, 0.2) is 0 Å². The van der Waals surface area contributed by atoms with E-state index in [0.29, 0.717) is 5.41 Å². The molecule has 0 bridgehead atoms. The Morgan fingerprint density at radius 1 is 1.55 bits per heavy atom. The van der Waals surface area contributed by atoms with E-state index in [9.17, 15) is 0 Å². The van der Waals surface area contributed by atoms with Crippen LogP contribution in [0.4, 0.5) is 0 Å². The van der Waals surface area contributed by atoms with Crippen molar-refractivity contribution in [3.63, 3.8) is 0 Å². The summed E-state index contributed by atoms with van der Waals surface area (Å²) in [4.78, 5) is 4.82. The Kier molecular flexibility index (Phi) is 1.60. The van der Waals surface area contributed by atoms with E-state index in [4.69, 9.17) is 4.84 Å². The van der Waals surface area contributed by atoms with Crippen molar-refractivity contribution in [1.82, 2.24) is 5.32 Å². The molecule has 1 aliphatic heterocycles. The highest BCUT2D eigenvalue weighted by Gasteiger charge is 2.48. The molecule has 1 N–H and O–H groups in total. The van der Waals surface area contributed by atoms with Gasteiger partial charge in [-0.1, -0.05) is 5.16 Å². The topological polar surface area (TPSA) is 33.6 Å². The molecule has 0 aromatic rings. The van der Waals surface area contributed by atoms with Crippen molar-refractivity contribution in [2.75, 3.05) is 20.2 Å². The fraction of sp³-hybridized carbons (Fsp3) is 0.875. The van der Waals surface area contributed by atoms with Crippen LogP contribution in [0.2, 0.25) is 0 Å². The smallest absolute Gasteiger partial charge is 0.106 e. The lowest BCUT2D eigenvalue weighted by Crippen LogP contribution is -2.38. The summed E-state index contributed by atoms with van der Waals surface area (Å²) in [7, 11) is 1.63. The molecule has 1 saturated carbocycles. The summed E-state index contributed by atoms with van der Waals surface area (Å²) in [5, 5.41) is 7.47. The molecule has 1 aliphatic carbocycles. The first-order valence-electron chi connectivity index (χ1n) is 4.19. The lowest BCUT2D eigenvalue weighted by molar-refractivity contribution is 0.208. The number of nitrogens with zero attached hydrogens (tertiary/aromatic N) is 1. The second-order valence-electron chi connectivity index (χ2n) is 3.43. The fourth-order valence-corrected chi connectivity index (χ4v) is 1.77. The van der Waals surface area contributed by atoms with E-state index in [1.807, 2.05) is 0 Å². The minimum atomic E-state index is 0.411. The van der Waals surface area contributed by atoms with Gasteiger partial charge >= 0.3 is 0 Å². The largest absolute Gasteiger partial charge is 0.399 e. The molecule has 0 atom stereocenters. The van der Waals surface area contributed by atoms with E-state index in [-0.39, 0.29) is 0 Å². The molecule has 1 spiro atoms. The zero-order valence-electron chi connectivity index (χ0n) is 6.89. The monoisotopic (exact) mass is 154 g/mol. The first kappa shape index (κ1) is 7.10. The van der Waals surface area contributed by atoms with Gasteiger partial charge in [0, 0.05) is 24.9 Å². The molecule has 3 nitrogen and oxygen atoms in total. The average Bonchev–Trinajstić information content (AvgIpc) is 2.77. The average molecular weight is 154 g/mol. The highest BCUT2D eigenvalue weighted by atomic mass is 16.6. The number of hydrogen-bond donors (Lipinski definition) is 1. The van der Waals surface area contributed by atoms with Crippen molar-refractivity contribution >= 4 is 5.71 Å². The van der Waals surface area contributed by atoms with Crippen LogP contribution in [-0.2, 0) is 4.84 Å². The minimum absolute atomic E-state index is 0.411. The number of hydrogen-bond acceptors (Lipinski definition) is 3. The van der Waals surface area contributed by atoms with Crippen molar-refractivity contribution in [2.45, 2.75) is 19.3 Å². The molecule has 2 aliphatic rings. The summed E-state index contributed by atoms with van der Waals surface area (Å²) in [6, 6.07) is 0. The van der Waals surface area contributed by atoms with Gasteiger partial charge in [-0.3, -0.25) is 0 Å². The summed E-state index contributed by atoms with van der Waals surface area (Å²) in [6.45, 7) is 2.17. The molecule has 2 rings (SSSR count). The Morgan fingerprint density at radius 3 is 3.00 bits per heavy atom. The van der Waals surface area contributed by atoms with E-state index in [0.717, 1.165) is 19.5 Å². The number of piperidine rings is 1. The van der Waals surface area contributed by atoms with Gasteiger partial charge in [0.1, 0.15) is 7.11 Å². The maximum Gasteiger partial charge on any atom is 0.106 e. The predicted molar refractivity (Wildman–Crippen MR) is 43.6 cm³/mol. The lowest BCUT2D eigenvalue weighted by atomic mass is 9.94. The van der Waals surface area contributed by atoms with Crippen LogP contribution in [0.3, 0.4) is 0 Å². The van der Waals surface area contributed by atoms with E-state index in [1.165, 1.54) is 18.6 Å². The molecule has 1 heterocycles. The second-order valence-corrected chi connectivity index (χ2v) is 3.43. The zero-order valence-corrected chi connectivity index (χ0v) is 6.89. The Balaban J connectivity index is 2.10. The summed E-state index contributed by atoms with van der Waals surface area (Å²) in [6.07, 6.45) is 3.65. The van der Waals surface area contributed by atoms with Gasteiger partial charge in [0.2, 0.25) is 0 Å². The van der Waals surface area contributed by atoms with Crippen LogP contribution in [0.25, 0.3) is 0 Å². The third kappa shape index (κ3) is 1.13. The molecule has 0 aromatic heterocycles. The molecule has 0 aromatic carbocycles. The fourth-order valence-electron chi connectivity index (χ4n) is 1.77. The number of nitrogens with one attached hydrogen (secondary N) is 1. The van der Waals surface area contributed by atoms with Crippen LogP contribution in [0, 0.1) is 5.41 Å². The van der Waals surface area contributed by atoms with Crippen LogP contribution >= 0.6 is 0 Å². The Morgan fingerprint density at radius 2 is 2.36 bits per heavy atom. The van der Waals surface area contributed by atoms with Crippen molar-refractivity contribution in [2.24, 2.45) is 10.6 Å². The van der Waals surface area contributed by atoms with Gasteiger partial charge in [-0.2, -0.15) is 0 Å². The molecule has 3 heteroatoms. The molecule has 0 radical (unpaired) electrons. The van der Waals surface area contributed by atoms with Gasteiger partial charge in [-0.15, -0.1) is 0 Å². The van der Waals surface area contributed by atoms with Crippen LogP contribution in [-0.4, -0.2) is 25.9 Å². The standard InChI is InChI=1S/C8H14N2O/c1-11-10-7-2-5-9-6-8(7)3-4-8/h9H,2-6H2,1H3/b10-7-. The van der Waals surface area contributed by atoms with E-state index in [2.05, 4.69) is 10.5 Å². The molecule has 2 fully saturated rings. The summed E-state index contributed by atoms with van der Waals surface area (Å²) >= 11 is 0. The third-order valence-electron chi connectivity index (χ3n) is 2.67. The van der Waals surface area contributed by atoms with Crippen LogP contribution < -0.4 is 5.32 Å².